The van der Waals surface area contributed by atoms with Gasteiger partial charge in [0.05, 0.1) is 12.1 Å². The number of ether oxygens (including phenoxy) is 2. The molecule has 1 aliphatic heterocycles. The van der Waals surface area contributed by atoms with Crippen molar-refractivity contribution in [2.45, 2.75) is 77.4 Å². The highest BCUT2D eigenvalue weighted by atomic mass is 32.2. The van der Waals surface area contributed by atoms with Crippen molar-refractivity contribution in [2.75, 3.05) is 31.1 Å². The van der Waals surface area contributed by atoms with Crippen LogP contribution in [0.5, 0.6) is 0 Å². The predicted octanol–water partition coefficient (Wildman–Crippen LogP) is 7.06. The van der Waals surface area contributed by atoms with Crippen LogP contribution in [-0.2, 0) is 14.3 Å². The van der Waals surface area contributed by atoms with Crippen molar-refractivity contribution in [2.24, 2.45) is 11.3 Å². The molecule has 0 bridgehead atoms. The number of hydrogen-bond acceptors (Lipinski definition) is 6. The van der Waals surface area contributed by atoms with E-state index in [0.717, 1.165) is 6.42 Å². The second kappa shape index (κ2) is 12.7. The third-order valence-corrected chi connectivity index (χ3v) is 7.69. The van der Waals surface area contributed by atoms with Crippen molar-refractivity contribution in [1.82, 2.24) is 4.90 Å². The summed E-state index contributed by atoms with van der Waals surface area (Å²) in [5.74, 6) is 0.155. The number of para-hydroxylation sites is 1. The topological polar surface area (TPSA) is 59.1 Å². The minimum atomic E-state index is -0.914. The molecule has 0 aliphatic carbocycles. The van der Waals surface area contributed by atoms with Crippen LogP contribution in [0.4, 0.5) is 10.5 Å². The van der Waals surface area contributed by atoms with Gasteiger partial charge in [-0.15, -0.1) is 0 Å². The van der Waals surface area contributed by atoms with E-state index in [1.165, 1.54) is 26.6 Å². The summed E-state index contributed by atoms with van der Waals surface area (Å²) in [5, 5.41) is 0. The van der Waals surface area contributed by atoms with Gasteiger partial charge in [-0.25, -0.2) is 4.79 Å². The van der Waals surface area contributed by atoms with Crippen molar-refractivity contribution < 1.29 is 19.1 Å². The van der Waals surface area contributed by atoms with E-state index in [9.17, 15) is 9.59 Å². The Balaban J connectivity index is 1.52. The minimum Gasteiger partial charge on any atom is -0.425 e. The lowest BCUT2D eigenvalue weighted by Crippen LogP contribution is -2.49. The molecule has 1 saturated heterocycles. The number of anilines is 1. The molecule has 202 valence electrons. The first-order chi connectivity index (χ1) is 17.4. The number of amides is 1. The van der Waals surface area contributed by atoms with E-state index in [1.54, 1.807) is 23.6 Å². The first-order valence-corrected chi connectivity index (χ1v) is 14.0. The second-order valence-corrected chi connectivity index (χ2v) is 12.3. The molecule has 6 nitrogen and oxygen atoms in total. The summed E-state index contributed by atoms with van der Waals surface area (Å²) in [4.78, 5) is 31.5. The molecule has 0 saturated carbocycles. The molecule has 1 atom stereocenters. The molecular weight excluding hydrogens is 484 g/mol. The Labute approximate surface area is 226 Å². The average molecular weight is 527 g/mol. The van der Waals surface area contributed by atoms with Gasteiger partial charge >= 0.3 is 12.1 Å². The lowest BCUT2D eigenvalue weighted by Gasteiger charge is -2.36. The van der Waals surface area contributed by atoms with E-state index in [0.29, 0.717) is 38.5 Å². The van der Waals surface area contributed by atoms with Gasteiger partial charge in [0.2, 0.25) is 6.29 Å². The normalized spacial score (nSPS) is 15.0. The Bertz CT molecular complexity index is 1080. The molecule has 0 spiro atoms. The molecule has 1 heterocycles. The van der Waals surface area contributed by atoms with Crippen molar-refractivity contribution >= 4 is 29.5 Å². The van der Waals surface area contributed by atoms with Crippen LogP contribution in [-0.4, -0.2) is 49.4 Å². The van der Waals surface area contributed by atoms with Gasteiger partial charge in [0.15, 0.2) is 0 Å². The van der Waals surface area contributed by atoms with Gasteiger partial charge in [0.25, 0.3) is 0 Å². The molecule has 0 N–H and O–H groups in total. The molecular formula is C30H42N2O4S. The average Bonchev–Trinajstić information content (AvgIpc) is 2.79. The molecule has 0 radical (unpaired) electrons. The standard InChI is InChI=1S/C30H42N2O4S/c1-21(2)19-30(6,7)20-28(33)35-24(5)36-29(34)32-16-14-31(15-17-32)25-10-8-9-11-27(25)37-26-13-12-22(3)18-23(26)4/h8-13,18,21,24H,14-17,19-20H2,1-7H3. The molecule has 1 amide bonds. The maximum Gasteiger partial charge on any atom is 0.412 e. The van der Waals surface area contributed by atoms with Crippen LogP contribution in [0.3, 0.4) is 0 Å². The van der Waals surface area contributed by atoms with Gasteiger partial charge in [-0.2, -0.15) is 0 Å². The zero-order chi connectivity index (χ0) is 27.2. The summed E-state index contributed by atoms with van der Waals surface area (Å²) in [6.45, 7) is 16.8. The van der Waals surface area contributed by atoms with E-state index in [4.69, 9.17) is 9.47 Å². The van der Waals surface area contributed by atoms with Crippen LogP contribution in [0.1, 0.15) is 58.6 Å². The van der Waals surface area contributed by atoms with Crippen LogP contribution in [0.15, 0.2) is 52.3 Å². The fourth-order valence-corrected chi connectivity index (χ4v) is 6.04. The van der Waals surface area contributed by atoms with Crippen LogP contribution in [0, 0.1) is 25.2 Å². The summed E-state index contributed by atoms with van der Waals surface area (Å²) >= 11 is 1.78. The highest BCUT2D eigenvalue weighted by Gasteiger charge is 2.28. The zero-order valence-electron chi connectivity index (χ0n) is 23.4. The number of aryl methyl sites for hydroxylation is 2. The number of rotatable bonds is 9. The molecule has 3 rings (SSSR count). The number of esters is 1. The van der Waals surface area contributed by atoms with Crippen molar-refractivity contribution in [3.63, 3.8) is 0 Å². The summed E-state index contributed by atoms with van der Waals surface area (Å²) in [5.41, 5.74) is 3.55. The summed E-state index contributed by atoms with van der Waals surface area (Å²) in [7, 11) is 0. The summed E-state index contributed by atoms with van der Waals surface area (Å²) in [6.07, 6.45) is -0.139. The minimum absolute atomic E-state index is 0.155. The van der Waals surface area contributed by atoms with Gasteiger partial charge in [-0.3, -0.25) is 4.79 Å². The predicted molar refractivity (Wildman–Crippen MR) is 150 cm³/mol. The third-order valence-electron chi connectivity index (χ3n) is 6.44. The highest BCUT2D eigenvalue weighted by Crippen LogP contribution is 2.37. The Morgan fingerprint density at radius 3 is 2.27 bits per heavy atom. The summed E-state index contributed by atoms with van der Waals surface area (Å²) in [6, 6.07) is 14.9. The molecule has 2 aromatic rings. The van der Waals surface area contributed by atoms with Gasteiger partial charge in [0, 0.05) is 42.9 Å². The van der Waals surface area contributed by atoms with E-state index in [1.807, 2.05) is 0 Å². The smallest absolute Gasteiger partial charge is 0.412 e. The molecule has 0 aromatic heterocycles. The number of carbonyl (C=O) groups is 2. The number of nitrogens with zero attached hydrogens (tertiary/aromatic N) is 2. The quantitative estimate of drug-likeness (QED) is 0.257. The van der Waals surface area contributed by atoms with E-state index < -0.39 is 12.4 Å². The molecule has 1 unspecified atom stereocenters. The van der Waals surface area contributed by atoms with Crippen molar-refractivity contribution in [1.29, 1.82) is 0 Å². The maximum absolute atomic E-state index is 12.7. The Hall–Kier alpha value is -2.67. The molecule has 37 heavy (non-hydrogen) atoms. The van der Waals surface area contributed by atoms with Crippen LogP contribution in [0.25, 0.3) is 0 Å². The Kier molecular flexibility index (Phi) is 9.93. The van der Waals surface area contributed by atoms with Gasteiger partial charge < -0.3 is 19.3 Å². The van der Waals surface area contributed by atoms with E-state index in [2.05, 4.69) is 88.9 Å². The van der Waals surface area contributed by atoms with Crippen LogP contribution in [0.2, 0.25) is 0 Å². The third kappa shape index (κ3) is 8.70. The fraction of sp³-hybridized carbons (Fsp3) is 0.533. The van der Waals surface area contributed by atoms with Gasteiger partial charge in [0.1, 0.15) is 0 Å². The fourth-order valence-electron chi connectivity index (χ4n) is 5.00. The molecule has 1 aliphatic rings. The van der Waals surface area contributed by atoms with Gasteiger partial charge in [-0.1, -0.05) is 69.3 Å². The number of carbonyl (C=O) groups excluding carboxylic acids is 2. The lowest BCUT2D eigenvalue weighted by atomic mass is 9.81. The van der Waals surface area contributed by atoms with Crippen molar-refractivity contribution in [3.05, 3.63) is 53.6 Å². The van der Waals surface area contributed by atoms with Crippen molar-refractivity contribution in [3.8, 4) is 0 Å². The first kappa shape index (κ1) is 28.9. The lowest BCUT2D eigenvalue weighted by molar-refractivity contribution is -0.168. The highest BCUT2D eigenvalue weighted by molar-refractivity contribution is 7.99. The largest absolute Gasteiger partial charge is 0.425 e. The zero-order valence-corrected chi connectivity index (χ0v) is 24.2. The van der Waals surface area contributed by atoms with Crippen LogP contribution < -0.4 is 4.90 Å². The second-order valence-electron chi connectivity index (χ2n) is 11.2. The molecule has 1 fully saturated rings. The SMILES string of the molecule is Cc1ccc(Sc2ccccc2N2CCN(C(=O)OC(C)OC(=O)CC(C)(C)CC(C)C)CC2)c(C)c1. The summed E-state index contributed by atoms with van der Waals surface area (Å²) < 4.78 is 10.8. The maximum atomic E-state index is 12.7. The monoisotopic (exact) mass is 526 g/mol. The Morgan fingerprint density at radius 1 is 0.946 bits per heavy atom. The number of piperazine rings is 1. The number of benzene rings is 2. The number of hydrogen-bond donors (Lipinski definition) is 0. The Morgan fingerprint density at radius 2 is 1.62 bits per heavy atom. The first-order valence-electron chi connectivity index (χ1n) is 13.2. The van der Waals surface area contributed by atoms with Gasteiger partial charge in [-0.05, 0) is 55.4 Å². The molecule has 2 aromatic carbocycles. The van der Waals surface area contributed by atoms with E-state index >= 15 is 0 Å². The van der Waals surface area contributed by atoms with E-state index in [-0.39, 0.29) is 11.4 Å². The van der Waals surface area contributed by atoms with Crippen LogP contribution >= 0.6 is 11.8 Å². The molecule has 7 heteroatoms.